The first kappa shape index (κ1) is 13.1. The highest BCUT2D eigenvalue weighted by Crippen LogP contribution is 2.18. The lowest BCUT2D eigenvalue weighted by Crippen LogP contribution is -2.35. The largest absolute Gasteiger partial charge is 0.496 e. The Bertz CT molecular complexity index is 395. The van der Waals surface area contributed by atoms with Crippen LogP contribution in [0.1, 0.15) is 18.4 Å². The molecule has 3 nitrogen and oxygen atoms in total. The second-order valence-corrected chi connectivity index (χ2v) is 4.68. The molecule has 1 saturated heterocycles. The van der Waals surface area contributed by atoms with E-state index in [0.717, 1.165) is 43.8 Å². The highest BCUT2D eigenvalue weighted by Gasteiger charge is 2.15. The van der Waals surface area contributed by atoms with Crippen molar-refractivity contribution in [1.29, 1.82) is 0 Å². The van der Waals surface area contributed by atoms with Crippen molar-refractivity contribution in [3.63, 3.8) is 0 Å². The van der Waals surface area contributed by atoms with Crippen molar-refractivity contribution in [2.75, 3.05) is 26.7 Å². The zero-order chi connectivity index (χ0) is 12.8. The van der Waals surface area contributed by atoms with Gasteiger partial charge in [0.25, 0.3) is 0 Å². The zero-order valence-electron chi connectivity index (χ0n) is 10.9. The number of para-hydroxylation sites is 1. The van der Waals surface area contributed by atoms with E-state index in [2.05, 4.69) is 23.1 Å². The van der Waals surface area contributed by atoms with Crippen LogP contribution in [0.5, 0.6) is 5.75 Å². The molecule has 1 fully saturated rings. The summed E-state index contributed by atoms with van der Waals surface area (Å²) in [4.78, 5) is 2.36. The second-order valence-electron chi connectivity index (χ2n) is 4.68. The molecular formula is C15H21NO2. The van der Waals surface area contributed by atoms with Crippen LogP contribution in [0.2, 0.25) is 0 Å². The predicted octanol–water partition coefficient (Wildman–Crippen LogP) is 2.17. The summed E-state index contributed by atoms with van der Waals surface area (Å²) < 4.78 is 5.30. The molecule has 1 N–H and O–H groups in total. The number of benzene rings is 1. The van der Waals surface area contributed by atoms with Crippen molar-refractivity contribution in [2.45, 2.75) is 18.9 Å². The number of nitrogens with zero attached hydrogens (tertiary/aromatic N) is 1. The number of piperidine rings is 1. The summed E-state index contributed by atoms with van der Waals surface area (Å²) in [5.41, 5.74) is 1.11. The fourth-order valence-corrected chi connectivity index (χ4v) is 2.23. The molecule has 0 amide bonds. The molecule has 18 heavy (non-hydrogen) atoms. The fraction of sp³-hybridized carbons (Fsp3) is 0.467. The van der Waals surface area contributed by atoms with E-state index in [0.29, 0.717) is 0 Å². The molecule has 0 aromatic heterocycles. The van der Waals surface area contributed by atoms with Crippen molar-refractivity contribution >= 4 is 6.08 Å². The van der Waals surface area contributed by atoms with E-state index in [4.69, 9.17) is 4.74 Å². The Morgan fingerprint density at radius 3 is 2.78 bits per heavy atom. The van der Waals surface area contributed by atoms with Gasteiger partial charge in [-0.1, -0.05) is 30.4 Å². The average molecular weight is 247 g/mol. The summed E-state index contributed by atoms with van der Waals surface area (Å²) in [5, 5.41) is 9.44. The molecule has 1 aromatic rings. The van der Waals surface area contributed by atoms with Gasteiger partial charge in [0, 0.05) is 25.2 Å². The van der Waals surface area contributed by atoms with Crippen molar-refractivity contribution < 1.29 is 9.84 Å². The summed E-state index contributed by atoms with van der Waals surface area (Å²) in [6.07, 6.45) is 5.95. The van der Waals surface area contributed by atoms with Crippen LogP contribution in [0.15, 0.2) is 30.3 Å². The predicted molar refractivity (Wildman–Crippen MR) is 73.7 cm³/mol. The zero-order valence-corrected chi connectivity index (χ0v) is 10.9. The van der Waals surface area contributed by atoms with E-state index in [1.54, 1.807) is 7.11 Å². The summed E-state index contributed by atoms with van der Waals surface area (Å²) in [7, 11) is 1.69. The highest BCUT2D eigenvalue weighted by molar-refractivity contribution is 5.57. The van der Waals surface area contributed by atoms with Gasteiger partial charge >= 0.3 is 0 Å². The summed E-state index contributed by atoms with van der Waals surface area (Å²) in [6, 6.07) is 8.01. The van der Waals surface area contributed by atoms with Gasteiger partial charge in [0.15, 0.2) is 0 Å². The molecule has 0 saturated carbocycles. The first-order valence-electron chi connectivity index (χ1n) is 6.49. The number of aliphatic hydroxyl groups is 1. The molecule has 1 aromatic carbocycles. The minimum absolute atomic E-state index is 0.0977. The van der Waals surface area contributed by atoms with Crippen LogP contribution in [0.25, 0.3) is 6.08 Å². The Morgan fingerprint density at radius 2 is 2.06 bits per heavy atom. The molecule has 3 heteroatoms. The molecular weight excluding hydrogens is 226 g/mol. The smallest absolute Gasteiger partial charge is 0.126 e. The average Bonchev–Trinajstić information content (AvgIpc) is 2.41. The van der Waals surface area contributed by atoms with Gasteiger partial charge in [-0.15, -0.1) is 0 Å². The molecule has 1 aliphatic rings. The van der Waals surface area contributed by atoms with E-state index in [1.807, 2.05) is 18.2 Å². The first-order chi connectivity index (χ1) is 8.79. The third-order valence-electron chi connectivity index (χ3n) is 3.36. The van der Waals surface area contributed by atoms with Crippen LogP contribution in [0.3, 0.4) is 0 Å². The van der Waals surface area contributed by atoms with Crippen molar-refractivity contribution in [3.8, 4) is 5.75 Å². The van der Waals surface area contributed by atoms with Crippen LogP contribution in [0.4, 0.5) is 0 Å². The lowest BCUT2D eigenvalue weighted by atomic mass is 10.1. The maximum atomic E-state index is 9.44. The van der Waals surface area contributed by atoms with Crippen molar-refractivity contribution in [3.05, 3.63) is 35.9 Å². The van der Waals surface area contributed by atoms with Crippen LogP contribution < -0.4 is 4.74 Å². The van der Waals surface area contributed by atoms with Gasteiger partial charge in [-0.2, -0.15) is 0 Å². The molecule has 1 heterocycles. The normalized spacial score (nSPS) is 18.3. The summed E-state index contributed by atoms with van der Waals surface area (Å²) in [6.45, 7) is 2.90. The maximum absolute atomic E-state index is 9.44. The van der Waals surface area contributed by atoms with Gasteiger partial charge < -0.3 is 9.84 Å². The van der Waals surface area contributed by atoms with Gasteiger partial charge in [-0.25, -0.2) is 0 Å². The summed E-state index contributed by atoms with van der Waals surface area (Å²) >= 11 is 0. The van der Waals surface area contributed by atoms with Crippen LogP contribution in [-0.2, 0) is 0 Å². The monoisotopic (exact) mass is 247 g/mol. The van der Waals surface area contributed by atoms with Crippen molar-refractivity contribution in [2.24, 2.45) is 0 Å². The van der Waals surface area contributed by atoms with E-state index in [9.17, 15) is 5.11 Å². The number of methoxy groups -OCH3 is 1. The first-order valence-corrected chi connectivity index (χ1v) is 6.49. The third-order valence-corrected chi connectivity index (χ3v) is 3.36. The molecule has 1 aliphatic heterocycles. The Labute approximate surface area is 109 Å². The molecule has 0 atom stereocenters. The van der Waals surface area contributed by atoms with E-state index >= 15 is 0 Å². The molecule has 0 radical (unpaired) electrons. The third kappa shape index (κ3) is 3.59. The second kappa shape index (κ2) is 6.57. The van der Waals surface area contributed by atoms with E-state index in [1.165, 1.54) is 0 Å². The van der Waals surface area contributed by atoms with Crippen molar-refractivity contribution in [1.82, 2.24) is 4.90 Å². The number of ether oxygens (including phenoxy) is 1. The van der Waals surface area contributed by atoms with E-state index < -0.39 is 0 Å². The quantitative estimate of drug-likeness (QED) is 0.885. The Kier molecular flexibility index (Phi) is 4.79. The number of aliphatic hydroxyl groups excluding tert-OH is 1. The number of hydrogen-bond acceptors (Lipinski definition) is 3. The number of hydrogen-bond donors (Lipinski definition) is 1. The molecule has 0 spiro atoms. The SMILES string of the molecule is COc1ccccc1/C=C/CN1CCC(O)CC1. The Balaban J connectivity index is 1.87. The van der Waals surface area contributed by atoms with E-state index in [-0.39, 0.29) is 6.10 Å². The van der Waals surface area contributed by atoms with Gasteiger partial charge in [-0.05, 0) is 18.9 Å². The molecule has 98 valence electrons. The van der Waals surface area contributed by atoms with Gasteiger partial charge in [0.2, 0.25) is 0 Å². The maximum Gasteiger partial charge on any atom is 0.126 e. The molecule has 0 bridgehead atoms. The van der Waals surface area contributed by atoms with Crippen LogP contribution in [0, 0.1) is 0 Å². The van der Waals surface area contributed by atoms with Crippen LogP contribution >= 0.6 is 0 Å². The lowest BCUT2D eigenvalue weighted by Gasteiger charge is -2.28. The van der Waals surface area contributed by atoms with Crippen LogP contribution in [-0.4, -0.2) is 42.9 Å². The molecule has 0 aliphatic carbocycles. The number of rotatable bonds is 4. The fourth-order valence-electron chi connectivity index (χ4n) is 2.23. The van der Waals surface area contributed by atoms with Gasteiger partial charge in [-0.3, -0.25) is 4.90 Å². The minimum atomic E-state index is -0.0977. The lowest BCUT2D eigenvalue weighted by molar-refractivity contribution is 0.0881. The number of likely N-dealkylation sites (tertiary alicyclic amines) is 1. The molecule has 2 rings (SSSR count). The van der Waals surface area contributed by atoms with Gasteiger partial charge in [0.1, 0.15) is 5.75 Å². The topological polar surface area (TPSA) is 32.7 Å². The highest BCUT2D eigenvalue weighted by atomic mass is 16.5. The summed E-state index contributed by atoms with van der Waals surface area (Å²) in [5.74, 6) is 0.905. The minimum Gasteiger partial charge on any atom is -0.496 e. The standard InChI is InChI=1S/C15H21NO2/c1-18-15-7-3-2-5-13(15)6-4-10-16-11-8-14(17)9-12-16/h2-7,14,17H,8-12H2,1H3/b6-4+. The molecule has 0 unspecified atom stereocenters. The Morgan fingerprint density at radius 1 is 1.33 bits per heavy atom. The Hall–Kier alpha value is -1.32. The van der Waals surface area contributed by atoms with Gasteiger partial charge in [0.05, 0.1) is 13.2 Å².